The van der Waals surface area contributed by atoms with Gasteiger partial charge in [-0.05, 0) is 48.2 Å². The van der Waals surface area contributed by atoms with Gasteiger partial charge in [0.1, 0.15) is 5.82 Å². The molecule has 1 aliphatic carbocycles. The number of benzene rings is 2. The predicted molar refractivity (Wildman–Crippen MR) is 79.4 cm³/mol. The van der Waals surface area contributed by atoms with E-state index in [1.165, 1.54) is 12.8 Å². The first kappa shape index (κ1) is 12.8. The molecule has 1 N–H and O–H groups in total. The van der Waals surface area contributed by atoms with Crippen LogP contribution in [0.1, 0.15) is 18.4 Å². The van der Waals surface area contributed by atoms with Gasteiger partial charge in [0.05, 0.1) is 0 Å². The minimum Gasteiger partial charge on any atom is -0.310 e. The zero-order valence-electron chi connectivity index (χ0n) is 10.5. The highest BCUT2D eigenvalue weighted by Gasteiger charge is 2.20. The number of hydrogen-bond donors (Lipinski definition) is 1. The Labute approximate surface area is 121 Å². The fourth-order valence-corrected chi connectivity index (χ4v) is 2.34. The van der Waals surface area contributed by atoms with Crippen LogP contribution in [0.15, 0.2) is 46.9 Å². The van der Waals surface area contributed by atoms with Crippen LogP contribution in [0.25, 0.3) is 11.1 Å². The van der Waals surface area contributed by atoms with Crippen molar-refractivity contribution in [2.75, 3.05) is 0 Å². The van der Waals surface area contributed by atoms with Gasteiger partial charge >= 0.3 is 0 Å². The molecule has 0 unspecified atom stereocenters. The average molecular weight is 320 g/mol. The molecule has 0 radical (unpaired) electrons. The van der Waals surface area contributed by atoms with Crippen molar-refractivity contribution >= 4 is 15.9 Å². The maximum atomic E-state index is 13.8. The van der Waals surface area contributed by atoms with Crippen LogP contribution in [0.4, 0.5) is 4.39 Å². The van der Waals surface area contributed by atoms with Crippen molar-refractivity contribution in [2.24, 2.45) is 0 Å². The standard InChI is InChI=1S/C16H15BrFN/c17-14-4-1-11(2-5-14)12-3-8-16(18)13(9-12)10-19-15-6-7-15/h1-5,8-9,15,19H,6-7,10H2. The van der Waals surface area contributed by atoms with E-state index in [2.05, 4.69) is 21.2 Å². The summed E-state index contributed by atoms with van der Waals surface area (Å²) >= 11 is 3.42. The summed E-state index contributed by atoms with van der Waals surface area (Å²) in [6.07, 6.45) is 2.43. The van der Waals surface area contributed by atoms with Gasteiger partial charge in [0.2, 0.25) is 0 Å². The fourth-order valence-electron chi connectivity index (χ4n) is 2.07. The lowest BCUT2D eigenvalue weighted by Gasteiger charge is -2.08. The van der Waals surface area contributed by atoms with Gasteiger partial charge in [-0.15, -0.1) is 0 Å². The van der Waals surface area contributed by atoms with E-state index < -0.39 is 0 Å². The van der Waals surface area contributed by atoms with Gasteiger partial charge in [-0.2, -0.15) is 0 Å². The minimum atomic E-state index is -0.131. The first-order valence-corrected chi connectivity index (χ1v) is 7.29. The zero-order chi connectivity index (χ0) is 13.2. The molecular formula is C16H15BrFN. The molecule has 0 bridgehead atoms. The van der Waals surface area contributed by atoms with Crippen LogP contribution in [0.2, 0.25) is 0 Å². The molecule has 2 aromatic rings. The summed E-state index contributed by atoms with van der Waals surface area (Å²) in [6, 6.07) is 14.0. The lowest BCUT2D eigenvalue weighted by molar-refractivity contribution is 0.587. The monoisotopic (exact) mass is 319 g/mol. The van der Waals surface area contributed by atoms with E-state index in [1.807, 2.05) is 36.4 Å². The zero-order valence-corrected chi connectivity index (χ0v) is 12.1. The summed E-state index contributed by atoms with van der Waals surface area (Å²) < 4.78 is 14.8. The van der Waals surface area contributed by atoms with Gasteiger partial charge in [-0.1, -0.05) is 34.1 Å². The summed E-state index contributed by atoms with van der Waals surface area (Å²) in [7, 11) is 0. The van der Waals surface area contributed by atoms with Crippen molar-refractivity contribution in [3.63, 3.8) is 0 Å². The Morgan fingerprint density at radius 3 is 2.42 bits per heavy atom. The number of rotatable bonds is 4. The molecule has 1 aliphatic rings. The van der Waals surface area contributed by atoms with Gasteiger partial charge < -0.3 is 5.32 Å². The van der Waals surface area contributed by atoms with Crippen molar-refractivity contribution in [3.8, 4) is 11.1 Å². The quantitative estimate of drug-likeness (QED) is 0.874. The molecule has 0 heterocycles. The molecule has 1 nitrogen and oxygen atoms in total. The maximum Gasteiger partial charge on any atom is 0.127 e. The topological polar surface area (TPSA) is 12.0 Å². The highest BCUT2D eigenvalue weighted by molar-refractivity contribution is 9.10. The molecule has 0 aromatic heterocycles. The largest absolute Gasteiger partial charge is 0.310 e. The third-order valence-electron chi connectivity index (χ3n) is 3.38. The Morgan fingerprint density at radius 1 is 1.05 bits per heavy atom. The fraction of sp³-hybridized carbons (Fsp3) is 0.250. The van der Waals surface area contributed by atoms with Crippen molar-refractivity contribution in [2.45, 2.75) is 25.4 Å². The Kier molecular flexibility index (Phi) is 3.67. The molecule has 19 heavy (non-hydrogen) atoms. The first-order chi connectivity index (χ1) is 9.22. The third kappa shape index (κ3) is 3.23. The van der Waals surface area contributed by atoms with E-state index in [9.17, 15) is 4.39 Å². The molecular weight excluding hydrogens is 305 g/mol. The van der Waals surface area contributed by atoms with Crippen LogP contribution in [0.3, 0.4) is 0 Å². The molecule has 0 spiro atoms. The van der Waals surface area contributed by atoms with E-state index in [1.54, 1.807) is 6.07 Å². The van der Waals surface area contributed by atoms with Gasteiger partial charge in [0, 0.05) is 22.6 Å². The normalized spacial score (nSPS) is 14.6. The summed E-state index contributed by atoms with van der Waals surface area (Å²) in [4.78, 5) is 0. The maximum absolute atomic E-state index is 13.8. The SMILES string of the molecule is Fc1ccc(-c2ccc(Br)cc2)cc1CNC1CC1. The molecule has 2 aromatic carbocycles. The Hall–Kier alpha value is -1.19. The lowest BCUT2D eigenvalue weighted by Crippen LogP contribution is -2.16. The van der Waals surface area contributed by atoms with Crippen LogP contribution in [-0.2, 0) is 6.54 Å². The molecule has 1 fully saturated rings. The van der Waals surface area contributed by atoms with Crippen LogP contribution in [0, 0.1) is 5.82 Å². The lowest BCUT2D eigenvalue weighted by atomic mass is 10.0. The molecule has 0 amide bonds. The van der Waals surface area contributed by atoms with E-state index >= 15 is 0 Å². The molecule has 0 aliphatic heterocycles. The van der Waals surface area contributed by atoms with Crippen LogP contribution < -0.4 is 5.32 Å². The molecule has 0 atom stereocenters. The first-order valence-electron chi connectivity index (χ1n) is 6.50. The predicted octanol–water partition coefficient (Wildman–Crippen LogP) is 4.51. The van der Waals surface area contributed by atoms with Gasteiger partial charge in [0.15, 0.2) is 0 Å². The van der Waals surface area contributed by atoms with E-state index in [4.69, 9.17) is 0 Å². The summed E-state index contributed by atoms with van der Waals surface area (Å²) in [6.45, 7) is 0.612. The van der Waals surface area contributed by atoms with Gasteiger partial charge in [-0.3, -0.25) is 0 Å². The average Bonchev–Trinajstić information content (AvgIpc) is 3.23. The highest BCUT2D eigenvalue weighted by Crippen LogP contribution is 2.25. The van der Waals surface area contributed by atoms with Crippen LogP contribution in [-0.4, -0.2) is 6.04 Å². The number of hydrogen-bond acceptors (Lipinski definition) is 1. The van der Waals surface area contributed by atoms with Crippen molar-refractivity contribution in [3.05, 3.63) is 58.3 Å². The molecule has 0 saturated heterocycles. The molecule has 98 valence electrons. The van der Waals surface area contributed by atoms with Gasteiger partial charge in [0.25, 0.3) is 0 Å². The highest BCUT2D eigenvalue weighted by atomic mass is 79.9. The minimum absolute atomic E-state index is 0.131. The number of nitrogens with one attached hydrogen (secondary N) is 1. The Bertz CT molecular complexity index is 576. The van der Waals surface area contributed by atoms with E-state index in [0.717, 1.165) is 21.2 Å². The second-order valence-corrected chi connectivity index (χ2v) is 5.88. The van der Waals surface area contributed by atoms with Crippen LogP contribution in [0.5, 0.6) is 0 Å². The van der Waals surface area contributed by atoms with E-state index in [0.29, 0.717) is 12.6 Å². The Morgan fingerprint density at radius 2 is 1.74 bits per heavy atom. The van der Waals surface area contributed by atoms with Crippen LogP contribution >= 0.6 is 15.9 Å². The molecule has 3 rings (SSSR count). The molecule has 3 heteroatoms. The summed E-state index contributed by atoms with van der Waals surface area (Å²) in [5.74, 6) is -0.131. The van der Waals surface area contributed by atoms with E-state index in [-0.39, 0.29) is 5.82 Å². The third-order valence-corrected chi connectivity index (χ3v) is 3.91. The summed E-state index contributed by atoms with van der Waals surface area (Å²) in [5.41, 5.74) is 2.91. The Balaban J connectivity index is 1.84. The van der Waals surface area contributed by atoms with Gasteiger partial charge in [-0.25, -0.2) is 4.39 Å². The smallest absolute Gasteiger partial charge is 0.127 e. The van der Waals surface area contributed by atoms with Crippen molar-refractivity contribution in [1.29, 1.82) is 0 Å². The van der Waals surface area contributed by atoms with Crippen molar-refractivity contribution in [1.82, 2.24) is 5.32 Å². The molecule has 1 saturated carbocycles. The van der Waals surface area contributed by atoms with Crippen molar-refractivity contribution < 1.29 is 4.39 Å². The second kappa shape index (κ2) is 5.43. The number of halogens is 2. The second-order valence-electron chi connectivity index (χ2n) is 4.97. The summed E-state index contributed by atoms with van der Waals surface area (Å²) in [5, 5.41) is 3.35.